The van der Waals surface area contributed by atoms with Crippen LogP contribution >= 0.6 is 0 Å². The molecule has 1 aliphatic heterocycles. The number of likely N-dealkylation sites (tertiary alicyclic amines) is 1. The van der Waals surface area contributed by atoms with Crippen molar-refractivity contribution in [1.82, 2.24) is 4.90 Å². The Morgan fingerprint density at radius 3 is 2.82 bits per heavy atom. The van der Waals surface area contributed by atoms with Crippen LogP contribution in [0, 0.1) is 6.42 Å². The second-order valence-corrected chi connectivity index (χ2v) is 3.56. The summed E-state index contributed by atoms with van der Waals surface area (Å²) in [4.78, 5) is 2.56. The number of rotatable bonds is 2. The van der Waals surface area contributed by atoms with E-state index in [4.69, 9.17) is 4.74 Å². The molecule has 0 spiro atoms. The van der Waals surface area contributed by atoms with Gasteiger partial charge in [-0.05, 0) is 12.8 Å². The topological polar surface area (TPSA) is 12.5 Å². The van der Waals surface area contributed by atoms with Crippen molar-refractivity contribution in [1.29, 1.82) is 0 Å². The number of hydrogen-bond donors (Lipinski definition) is 0. The van der Waals surface area contributed by atoms with Crippen molar-refractivity contribution in [2.24, 2.45) is 0 Å². The minimum atomic E-state index is 0.556. The molecular formula is C9H16NO+. The third kappa shape index (κ3) is 1.37. The zero-order chi connectivity index (χ0) is 7.68. The monoisotopic (exact) mass is 154 g/mol. The molecule has 0 amide bonds. The molecular weight excluding hydrogens is 138 g/mol. The Labute approximate surface area is 68.5 Å². The average Bonchev–Trinajstić information content (AvgIpc) is 2.37. The minimum absolute atomic E-state index is 0.556. The Balaban J connectivity index is 1.73. The molecule has 1 heterocycles. The first-order chi connectivity index (χ1) is 5.40. The molecule has 1 saturated heterocycles. The van der Waals surface area contributed by atoms with E-state index in [0.717, 1.165) is 6.04 Å². The molecule has 0 aromatic heterocycles. The molecule has 0 N–H and O–H groups in total. The van der Waals surface area contributed by atoms with Crippen molar-refractivity contribution in [3.63, 3.8) is 0 Å². The van der Waals surface area contributed by atoms with Gasteiger partial charge in [0.25, 0.3) is 0 Å². The van der Waals surface area contributed by atoms with Gasteiger partial charge < -0.3 is 4.74 Å². The molecule has 2 heteroatoms. The highest BCUT2D eigenvalue weighted by Crippen LogP contribution is 2.29. The summed E-state index contributed by atoms with van der Waals surface area (Å²) in [5.74, 6) is 0. The summed E-state index contributed by atoms with van der Waals surface area (Å²) in [6, 6.07) is 0.832. The SMILES string of the molecule is COC1CC(N2C[CH+]CC2)C1. The van der Waals surface area contributed by atoms with Gasteiger partial charge in [-0.1, -0.05) is 0 Å². The highest BCUT2D eigenvalue weighted by atomic mass is 16.5. The second-order valence-electron chi connectivity index (χ2n) is 3.56. The lowest BCUT2D eigenvalue weighted by Crippen LogP contribution is -2.46. The van der Waals surface area contributed by atoms with Gasteiger partial charge in [0, 0.05) is 19.7 Å². The van der Waals surface area contributed by atoms with Crippen LogP contribution in [-0.4, -0.2) is 37.2 Å². The normalized spacial score (nSPS) is 38.3. The molecule has 1 saturated carbocycles. The molecule has 0 atom stereocenters. The van der Waals surface area contributed by atoms with E-state index < -0.39 is 0 Å². The Hall–Kier alpha value is -0.210. The van der Waals surface area contributed by atoms with Crippen LogP contribution in [0.15, 0.2) is 0 Å². The van der Waals surface area contributed by atoms with E-state index in [9.17, 15) is 0 Å². The van der Waals surface area contributed by atoms with Gasteiger partial charge in [-0.15, -0.1) is 0 Å². The van der Waals surface area contributed by atoms with Crippen LogP contribution in [0.5, 0.6) is 0 Å². The Morgan fingerprint density at radius 1 is 1.45 bits per heavy atom. The average molecular weight is 154 g/mol. The lowest BCUT2D eigenvalue weighted by atomic mass is 9.88. The third-order valence-corrected chi connectivity index (χ3v) is 2.90. The molecule has 2 rings (SSSR count). The summed E-state index contributed by atoms with van der Waals surface area (Å²) in [6.07, 6.45) is 6.73. The molecule has 1 aliphatic carbocycles. The molecule has 2 aliphatic rings. The van der Waals surface area contributed by atoms with E-state index in [0.29, 0.717) is 6.10 Å². The zero-order valence-electron chi connectivity index (χ0n) is 7.12. The number of hydrogen-bond acceptors (Lipinski definition) is 2. The largest absolute Gasteiger partial charge is 0.381 e. The zero-order valence-corrected chi connectivity index (χ0v) is 7.12. The van der Waals surface area contributed by atoms with Gasteiger partial charge in [0.15, 0.2) is 0 Å². The van der Waals surface area contributed by atoms with Crippen LogP contribution in [0.1, 0.15) is 19.3 Å². The van der Waals surface area contributed by atoms with Crippen LogP contribution in [0.25, 0.3) is 0 Å². The fourth-order valence-corrected chi connectivity index (χ4v) is 1.97. The first-order valence-corrected chi connectivity index (χ1v) is 4.48. The smallest absolute Gasteiger partial charge is 0.141 e. The van der Waals surface area contributed by atoms with Crippen LogP contribution in [-0.2, 0) is 4.74 Å². The second kappa shape index (κ2) is 3.03. The molecule has 0 radical (unpaired) electrons. The first-order valence-electron chi connectivity index (χ1n) is 4.48. The van der Waals surface area contributed by atoms with Gasteiger partial charge in [0.2, 0.25) is 0 Å². The lowest BCUT2D eigenvalue weighted by molar-refractivity contribution is -0.0194. The Bertz CT molecular complexity index is 126. The fraction of sp³-hybridized carbons (Fsp3) is 0.889. The summed E-state index contributed by atoms with van der Waals surface area (Å²) in [6.45, 7) is 2.49. The van der Waals surface area contributed by atoms with Gasteiger partial charge in [0.05, 0.1) is 12.5 Å². The molecule has 0 aromatic carbocycles. The highest BCUT2D eigenvalue weighted by Gasteiger charge is 2.36. The maximum absolute atomic E-state index is 5.24. The summed E-state index contributed by atoms with van der Waals surface area (Å²) < 4.78 is 5.24. The summed E-state index contributed by atoms with van der Waals surface area (Å²) in [5.41, 5.74) is 0. The molecule has 0 aromatic rings. The minimum Gasteiger partial charge on any atom is -0.381 e. The van der Waals surface area contributed by atoms with E-state index in [1.54, 1.807) is 0 Å². The van der Waals surface area contributed by atoms with Crippen molar-refractivity contribution >= 4 is 0 Å². The molecule has 62 valence electrons. The molecule has 2 nitrogen and oxygen atoms in total. The standard InChI is InChI=1S/C9H16NO/c1-11-9-6-8(7-9)10-4-2-3-5-10/h2,8-9H,3-7H2,1H3/q+1. The van der Waals surface area contributed by atoms with Crippen LogP contribution in [0.3, 0.4) is 0 Å². The summed E-state index contributed by atoms with van der Waals surface area (Å²) >= 11 is 0. The molecule has 0 bridgehead atoms. The predicted molar refractivity (Wildman–Crippen MR) is 44.3 cm³/mol. The van der Waals surface area contributed by atoms with Crippen molar-refractivity contribution in [2.45, 2.75) is 31.4 Å². The van der Waals surface area contributed by atoms with Crippen molar-refractivity contribution in [3.05, 3.63) is 6.42 Å². The summed E-state index contributed by atoms with van der Waals surface area (Å²) in [7, 11) is 1.82. The quantitative estimate of drug-likeness (QED) is 0.552. The van der Waals surface area contributed by atoms with Gasteiger partial charge in [-0.25, -0.2) is 0 Å². The van der Waals surface area contributed by atoms with E-state index in [-0.39, 0.29) is 0 Å². The molecule has 0 unspecified atom stereocenters. The first kappa shape index (κ1) is 7.44. The van der Waals surface area contributed by atoms with Crippen LogP contribution in [0.4, 0.5) is 0 Å². The maximum atomic E-state index is 5.24. The van der Waals surface area contributed by atoms with Crippen molar-refractivity contribution < 1.29 is 4.74 Å². The van der Waals surface area contributed by atoms with Crippen LogP contribution < -0.4 is 0 Å². The van der Waals surface area contributed by atoms with Gasteiger partial charge >= 0.3 is 0 Å². The number of ether oxygens (including phenoxy) is 1. The van der Waals surface area contributed by atoms with Crippen LogP contribution in [0.2, 0.25) is 0 Å². The van der Waals surface area contributed by atoms with E-state index in [1.165, 1.54) is 32.4 Å². The maximum Gasteiger partial charge on any atom is 0.141 e. The van der Waals surface area contributed by atoms with Gasteiger partial charge in [0.1, 0.15) is 13.0 Å². The van der Waals surface area contributed by atoms with E-state index in [2.05, 4.69) is 11.3 Å². The highest BCUT2D eigenvalue weighted by molar-refractivity contribution is 4.93. The fourth-order valence-electron chi connectivity index (χ4n) is 1.97. The predicted octanol–water partition coefficient (Wildman–Crippen LogP) is 1.07. The molecule has 11 heavy (non-hydrogen) atoms. The van der Waals surface area contributed by atoms with E-state index >= 15 is 0 Å². The Morgan fingerprint density at radius 2 is 2.27 bits per heavy atom. The lowest BCUT2D eigenvalue weighted by Gasteiger charge is -2.38. The summed E-state index contributed by atoms with van der Waals surface area (Å²) in [5, 5.41) is 0. The molecule has 2 fully saturated rings. The van der Waals surface area contributed by atoms with E-state index in [1.807, 2.05) is 7.11 Å². The number of methoxy groups -OCH3 is 1. The van der Waals surface area contributed by atoms with Crippen molar-refractivity contribution in [3.8, 4) is 0 Å². The van der Waals surface area contributed by atoms with Gasteiger partial charge in [-0.3, -0.25) is 4.90 Å². The van der Waals surface area contributed by atoms with Gasteiger partial charge in [-0.2, -0.15) is 0 Å². The third-order valence-electron chi connectivity index (χ3n) is 2.90. The van der Waals surface area contributed by atoms with Crippen molar-refractivity contribution in [2.75, 3.05) is 20.2 Å². The number of nitrogens with zero attached hydrogens (tertiary/aromatic N) is 1. The Kier molecular flexibility index (Phi) is 2.05.